The van der Waals surface area contributed by atoms with E-state index in [0.29, 0.717) is 0 Å². The number of amides is 1. The summed E-state index contributed by atoms with van der Waals surface area (Å²) in [6.45, 7) is 0. The van der Waals surface area contributed by atoms with Crippen molar-refractivity contribution in [2.45, 2.75) is 0 Å². The number of aromatic nitrogens is 5. The highest BCUT2D eigenvalue weighted by atomic mass is 16.3. The zero-order chi connectivity index (χ0) is 9.10. The molecule has 0 radical (unpaired) electrons. The van der Waals surface area contributed by atoms with E-state index in [1.54, 1.807) is 0 Å². The number of oxazole rings is 1. The molecule has 2 aromatic rings. The van der Waals surface area contributed by atoms with Gasteiger partial charge in [-0.3, -0.25) is 10.1 Å². The van der Waals surface area contributed by atoms with E-state index in [4.69, 9.17) is 0 Å². The SMILES string of the molecule is O=C(Nc1nn[nH]n1)c1cocn1. The van der Waals surface area contributed by atoms with Crippen LogP contribution in [0.3, 0.4) is 0 Å². The van der Waals surface area contributed by atoms with Crippen LogP contribution in [0.5, 0.6) is 0 Å². The second-order valence-electron chi connectivity index (χ2n) is 2.06. The fourth-order valence-corrected chi connectivity index (χ4v) is 0.705. The summed E-state index contributed by atoms with van der Waals surface area (Å²) in [5.74, 6) is -0.358. The average molecular weight is 180 g/mol. The van der Waals surface area contributed by atoms with Crippen molar-refractivity contribution in [3.05, 3.63) is 18.4 Å². The number of anilines is 1. The van der Waals surface area contributed by atoms with Gasteiger partial charge in [-0.1, -0.05) is 5.10 Å². The van der Waals surface area contributed by atoms with Crippen molar-refractivity contribution in [1.29, 1.82) is 0 Å². The van der Waals surface area contributed by atoms with Crippen molar-refractivity contribution >= 4 is 11.9 Å². The number of carbonyl (C=O) groups excluding carboxylic acids is 1. The summed E-state index contributed by atoms with van der Waals surface area (Å²) in [7, 11) is 0. The Balaban J connectivity index is 2.08. The number of nitrogens with one attached hydrogen (secondary N) is 2. The molecule has 0 aromatic carbocycles. The predicted molar refractivity (Wildman–Crippen MR) is 38.6 cm³/mol. The van der Waals surface area contributed by atoms with E-state index in [1.807, 2.05) is 0 Å². The van der Waals surface area contributed by atoms with E-state index in [1.165, 1.54) is 6.26 Å². The Morgan fingerprint density at radius 1 is 1.62 bits per heavy atom. The van der Waals surface area contributed by atoms with E-state index in [-0.39, 0.29) is 11.6 Å². The summed E-state index contributed by atoms with van der Waals surface area (Å²) in [6.07, 6.45) is 2.38. The van der Waals surface area contributed by atoms with Gasteiger partial charge in [-0.2, -0.15) is 5.21 Å². The molecule has 0 spiro atoms. The van der Waals surface area contributed by atoms with Crippen molar-refractivity contribution in [3.8, 4) is 0 Å². The van der Waals surface area contributed by atoms with Crippen LogP contribution in [-0.4, -0.2) is 31.5 Å². The van der Waals surface area contributed by atoms with Gasteiger partial charge in [0.1, 0.15) is 6.26 Å². The van der Waals surface area contributed by atoms with E-state index in [2.05, 4.69) is 35.3 Å². The van der Waals surface area contributed by atoms with Gasteiger partial charge in [0.25, 0.3) is 11.9 Å². The van der Waals surface area contributed by atoms with Crippen LogP contribution < -0.4 is 5.32 Å². The molecule has 0 aliphatic carbocycles. The Bertz CT molecular complexity index is 379. The lowest BCUT2D eigenvalue weighted by atomic mass is 10.4. The van der Waals surface area contributed by atoms with Crippen LogP contribution in [0.25, 0.3) is 0 Å². The van der Waals surface area contributed by atoms with Crippen molar-refractivity contribution in [1.82, 2.24) is 25.6 Å². The van der Waals surface area contributed by atoms with Crippen molar-refractivity contribution in [3.63, 3.8) is 0 Å². The minimum absolute atomic E-state index is 0.0907. The molecule has 0 aliphatic rings. The molecule has 8 nitrogen and oxygen atoms in total. The van der Waals surface area contributed by atoms with Crippen molar-refractivity contribution in [2.24, 2.45) is 0 Å². The van der Waals surface area contributed by atoms with Gasteiger partial charge in [-0.25, -0.2) is 4.98 Å². The van der Waals surface area contributed by atoms with Gasteiger partial charge in [0.05, 0.1) is 0 Å². The molecular formula is C5H4N6O2. The lowest BCUT2D eigenvalue weighted by Crippen LogP contribution is -2.13. The number of carbonyl (C=O) groups is 1. The highest BCUT2D eigenvalue weighted by molar-refractivity contribution is 6.01. The summed E-state index contributed by atoms with van der Waals surface area (Å²) < 4.78 is 4.62. The summed E-state index contributed by atoms with van der Waals surface area (Å²) >= 11 is 0. The minimum Gasteiger partial charge on any atom is -0.451 e. The summed E-state index contributed by atoms with van der Waals surface area (Å²) in [4.78, 5) is 14.8. The van der Waals surface area contributed by atoms with Crippen molar-refractivity contribution < 1.29 is 9.21 Å². The third-order valence-corrected chi connectivity index (χ3v) is 1.24. The largest absolute Gasteiger partial charge is 0.451 e. The second-order valence-corrected chi connectivity index (χ2v) is 2.06. The average Bonchev–Trinajstić information content (AvgIpc) is 2.74. The first-order valence-corrected chi connectivity index (χ1v) is 3.29. The van der Waals surface area contributed by atoms with Crippen LogP contribution in [0.15, 0.2) is 17.1 Å². The van der Waals surface area contributed by atoms with Gasteiger partial charge in [-0.15, -0.1) is 5.10 Å². The highest BCUT2D eigenvalue weighted by Crippen LogP contribution is 1.98. The maximum absolute atomic E-state index is 11.2. The quantitative estimate of drug-likeness (QED) is 0.640. The Kier molecular flexibility index (Phi) is 1.71. The lowest BCUT2D eigenvalue weighted by molar-refractivity contribution is 0.102. The minimum atomic E-state index is -0.449. The molecule has 0 unspecified atom stereocenters. The number of H-pyrrole nitrogens is 1. The smallest absolute Gasteiger partial charge is 0.280 e. The third kappa shape index (κ3) is 1.50. The molecule has 2 N–H and O–H groups in total. The van der Waals surface area contributed by atoms with E-state index in [9.17, 15) is 4.79 Å². The highest BCUT2D eigenvalue weighted by Gasteiger charge is 2.10. The second kappa shape index (κ2) is 3.01. The number of nitrogens with zero attached hydrogens (tertiary/aromatic N) is 4. The first-order valence-electron chi connectivity index (χ1n) is 3.29. The normalized spacial score (nSPS) is 9.85. The number of tetrazole rings is 1. The molecule has 2 aromatic heterocycles. The van der Waals surface area contributed by atoms with Gasteiger partial charge in [0.15, 0.2) is 12.1 Å². The van der Waals surface area contributed by atoms with Crippen LogP contribution in [-0.2, 0) is 0 Å². The van der Waals surface area contributed by atoms with E-state index < -0.39 is 5.91 Å². The van der Waals surface area contributed by atoms with Gasteiger partial charge in [0.2, 0.25) is 0 Å². The predicted octanol–water partition coefficient (Wildman–Crippen LogP) is -0.560. The maximum Gasteiger partial charge on any atom is 0.280 e. The van der Waals surface area contributed by atoms with Crippen molar-refractivity contribution in [2.75, 3.05) is 5.32 Å². The molecule has 0 saturated carbocycles. The molecule has 0 atom stereocenters. The molecule has 2 heterocycles. The monoisotopic (exact) mass is 180 g/mol. The van der Waals surface area contributed by atoms with Gasteiger partial charge < -0.3 is 4.42 Å². The number of rotatable bonds is 2. The zero-order valence-electron chi connectivity index (χ0n) is 6.26. The Hall–Kier alpha value is -2.25. The maximum atomic E-state index is 11.2. The van der Waals surface area contributed by atoms with Crippen LogP contribution in [0, 0.1) is 0 Å². The van der Waals surface area contributed by atoms with Gasteiger partial charge >= 0.3 is 0 Å². The molecular weight excluding hydrogens is 176 g/mol. The standard InChI is InChI=1S/C5H4N6O2/c12-4(3-1-13-2-6-3)7-5-8-10-11-9-5/h1-2H,(H2,7,8,9,10,11,12). The summed E-state index contributed by atoms with van der Waals surface area (Å²) in [6, 6.07) is 0. The lowest BCUT2D eigenvalue weighted by Gasteiger charge is -1.93. The number of hydrogen-bond acceptors (Lipinski definition) is 6. The van der Waals surface area contributed by atoms with E-state index >= 15 is 0 Å². The van der Waals surface area contributed by atoms with Crippen LogP contribution in [0.2, 0.25) is 0 Å². The molecule has 66 valence electrons. The molecule has 13 heavy (non-hydrogen) atoms. The van der Waals surface area contributed by atoms with Gasteiger partial charge in [-0.05, 0) is 5.21 Å². The molecule has 1 amide bonds. The molecule has 0 fully saturated rings. The molecule has 0 saturated heterocycles. The molecule has 2 rings (SSSR count). The first kappa shape index (κ1) is 7.40. The van der Waals surface area contributed by atoms with Gasteiger partial charge in [0, 0.05) is 0 Å². The molecule has 8 heteroatoms. The Morgan fingerprint density at radius 2 is 2.54 bits per heavy atom. The number of hydrogen-bond donors (Lipinski definition) is 2. The van der Waals surface area contributed by atoms with Crippen LogP contribution in [0.1, 0.15) is 10.5 Å². The topological polar surface area (TPSA) is 110 Å². The molecule has 0 aliphatic heterocycles. The fourth-order valence-electron chi connectivity index (χ4n) is 0.705. The Morgan fingerprint density at radius 3 is 3.15 bits per heavy atom. The van der Waals surface area contributed by atoms with Crippen LogP contribution >= 0.6 is 0 Å². The molecule has 0 bridgehead atoms. The first-order chi connectivity index (χ1) is 6.36. The third-order valence-electron chi connectivity index (χ3n) is 1.24. The Labute approximate surface area is 71.4 Å². The fraction of sp³-hybridized carbons (Fsp3) is 0. The van der Waals surface area contributed by atoms with E-state index in [0.717, 1.165) is 6.39 Å². The summed E-state index contributed by atoms with van der Waals surface area (Å²) in [5.41, 5.74) is 0.157. The zero-order valence-corrected chi connectivity index (χ0v) is 6.26. The number of aromatic amines is 1. The summed E-state index contributed by atoms with van der Waals surface area (Å²) in [5, 5.41) is 14.9. The van der Waals surface area contributed by atoms with Crippen LogP contribution in [0.4, 0.5) is 5.95 Å².